The molecule has 0 aliphatic rings. The van der Waals surface area contributed by atoms with Gasteiger partial charge in [-0.15, -0.1) is 0 Å². The normalized spacial score (nSPS) is 11.9. The van der Waals surface area contributed by atoms with Crippen molar-refractivity contribution in [3.8, 4) is 17.4 Å². The number of benzene rings is 1. The molecule has 0 saturated carbocycles. The van der Waals surface area contributed by atoms with Crippen molar-refractivity contribution in [1.29, 1.82) is 0 Å². The Labute approximate surface area is 154 Å². The smallest absolute Gasteiger partial charge is 0.237 e. The first-order chi connectivity index (χ1) is 12.5. The molecule has 1 aromatic heterocycles. The van der Waals surface area contributed by atoms with Crippen LogP contribution < -0.4 is 20.5 Å². The fourth-order valence-electron chi connectivity index (χ4n) is 2.44. The van der Waals surface area contributed by atoms with Gasteiger partial charge in [0.15, 0.2) is 0 Å². The van der Waals surface area contributed by atoms with Gasteiger partial charge < -0.3 is 20.5 Å². The van der Waals surface area contributed by atoms with Crippen LogP contribution >= 0.6 is 0 Å². The van der Waals surface area contributed by atoms with Crippen LogP contribution in [0.15, 0.2) is 42.6 Å². The van der Waals surface area contributed by atoms with Crippen molar-refractivity contribution in [1.82, 2.24) is 10.3 Å². The fourth-order valence-corrected chi connectivity index (χ4v) is 2.44. The molecule has 1 heterocycles. The molecule has 1 atom stereocenters. The largest absolute Gasteiger partial charge is 0.494 e. The zero-order chi connectivity index (χ0) is 18.9. The van der Waals surface area contributed by atoms with E-state index in [1.54, 1.807) is 12.3 Å². The summed E-state index contributed by atoms with van der Waals surface area (Å²) in [4.78, 5) is 16.2. The van der Waals surface area contributed by atoms with Crippen molar-refractivity contribution in [3.63, 3.8) is 0 Å². The van der Waals surface area contributed by atoms with E-state index < -0.39 is 6.04 Å². The van der Waals surface area contributed by atoms with Crippen molar-refractivity contribution < 1.29 is 14.3 Å². The molecule has 1 aromatic carbocycles. The predicted molar refractivity (Wildman–Crippen MR) is 101 cm³/mol. The number of ether oxygens (including phenoxy) is 2. The van der Waals surface area contributed by atoms with Gasteiger partial charge in [0.25, 0.3) is 0 Å². The monoisotopic (exact) mass is 357 g/mol. The average Bonchev–Trinajstić information content (AvgIpc) is 2.61. The molecule has 3 N–H and O–H groups in total. The third-order valence-electron chi connectivity index (χ3n) is 3.69. The van der Waals surface area contributed by atoms with E-state index in [-0.39, 0.29) is 5.91 Å². The molecule has 0 radical (unpaired) electrons. The van der Waals surface area contributed by atoms with E-state index >= 15 is 0 Å². The number of nitrogens with zero attached hydrogens (tertiary/aromatic N) is 1. The average molecular weight is 357 g/mol. The zero-order valence-electron chi connectivity index (χ0n) is 15.6. The van der Waals surface area contributed by atoms with E-state index in [1.165, 1.54) is 0 Å². The van der Waals surface area contributed by atoms with Crippen LogP contribution in [-0.4, -0.2) is 23.5 Å². The van der Waals surface area contributed by atoms with E-state index in [0.29, 0.717) is 37.1 Å². The van der Waals surface area contributed by atoms with Gasteiger partial charge in [-0.25, -0.2) is 4.98 Å². The van der Waals surface area contributed by atoms with Gasteiger partial charge in [-0.3, -0.25) is 4.79 Å². The fraction of sp³-hybridized carbons (Fsp3) is 0.400. The van der Waals surface area contributed by atoms with Gasteiger partial charge in [-0.2, -0.15) is 0 Å². The van der Waals surface area contributed by atoms with E-state index in [1.807, 2.05) is 51.1 Å². The lowest BCUT2D eigenvalue weighted by Gasteiger charge is -2.14. The van der Waals surface area contributed by atoms with Crippen molar-refractivity contribution in [2.75, 3.05) is 6.61 Å². The molecule has 0 aliphatic heterocycles. The molecule has 6 heteroatoms. The van der Waals surface area contributed by atoms with E-state index in [2.05, 4.69) is 10.3 Å². The molecule has 1 amide bonds. The molecule has 0 aliphatic carbocycles. The Bertz CT molecular complexity index is 702. The summed E-state index contributed by atoms with van der Waals surface area (Å²) < 4.78 is 11.2. The maximum atomic E-state index is 12.0. The predicted octanol–water partition coefficient (Wildman–Crippen LogP) is 3.26. The van der Waals surface area contributed by atoms with E-state index in [4.69, 9.17) is 15.2 Å². The molecular formula is C20H27N3O3. The second-order valence-electron chi connectivity index (χ2n) is 6.46. The molecule has 0 unspecified atom stereocenters. The summed E-state index contributed by atoms with van der Waals surface area (Å²) in [5.74, 6) is 2.16. The number of hydrogen-bond donors (Lipinski definition) is 2. The molecule has 26 heavy (non-hydrogen) atoms. The summed E-state index contributed by atoms with van der Waals surface area (Å²) >= 11 is 0. The molecule has 0 fully saturated rings. The van der Waals surface area contributed by atoms with Gasteiger partial charge in [0.1, 0.15) is 11.5 Å². The lowest BCUT2D eigenvalue weighted by atomic mass is 10.0. The number of carbonyl (C=O) groups is 1. The summed E-state index contributed by atoms with van der Waals surface area (Å²) in [6.45, 7) is 7.03. The second kappa shape index (κ2) is 9.77. The number of nitrogens with one attached hydrogen (secondary N) is 1. The first-order valence-corrected chi connectivity index (χ1v) is 8.87. The lowest BCUT2D eigenvalue weighted by molar-refractivity contribution is -0.122. The van der Waals surface area contributed by atoms with Crippen molar-refractivity contribution >= 4 is 5.91 Å². The first kappa shape index (κ1) is 19.7. The molecule has 6 nitrogen and oxygen atoms in total. The Morgan fingerprint density at radius 2 is 1.88 bits per heavy atom. The summed E-state index contributed by atoms with van der Waals surface area (Å²) in [5, 5.41) is 2.85. The van der Waals surface area contributed by atoms with Crippen LogP contribution in [0.4, 0.5) is 0 Å². The molecule has 2 rings (SSSR count). The standard InChI is InChI=1S/C20H27N3O3/c1-4-25-16-5-7-17(8-6-16)26-19-12-15(9-10-22-19)13-23-20(24)18(21)11-14(2)3/h5-10,12,14,18H,4,11,13,21H2,1-3H3,(H,23,24)/t18-/m0/s1. The Morgan fingerprint density at radius 1 is 1.19 bits per heavy atom. The second-order valence-corrected chi connectivity index (χ2v) is 6.46. The highest BCUT2D eigenvalue weighted by molar-refractivity contribution is 5.81. The summed E-state index contributed by atoms with van der Waals surface area (Å²) in [6, 6.07) is 10.5. The first-order valence-electron chi connectivity index (χ1n) is 8.87. The van der Waals surface area contributed by atoms with Gasteiger partial charge in [0.2, 0.25) is 11.8 Å². The van der Waals surface area contributed by atoms with Gasteiger partial charge in [-0.05, 0) is 55.2 Å². The minimum atomic E-state index is -0.489. The van der Waals surface area contributed by atoms with Crippen LogP contribution in [0.2, 0.25) is 0 Å². The highest BCUT2D eigenvalue weighted by atomic mass is 16.5. The molecule has 2 aromatic rings. The third kappa shape index (κ3) is 6.37. The van der Waals surface area contributed by atoms with Crippen LogP contribution in [0.5, 0.6) is 17.4 Å². The van der Waals surface area contributed by atoms with Gasteiger partial charge in [0.05, 0.1) is 12.6 Å². The molecule has 140 valence electrons. The summed E-state index contributed by atoms with van der Waals surface area (Å²) in [6.07, 6.45) is 2.31. The van der Waals surface area contributed by atoms with Crippen LogP contribution in [0.1, 0.15) is 32.8 Å². The topological polar surface area (TPSA) is 86.5 Å². The third-order valence-corrected chi connectivity index (χ3v) is 3.69. The Morgan fingerprint density at radius 3 is 2.54 bits per heavy atom. The lowest BCUT2D eigenvalue weighted by Crippen LogP contribution is -2.41. The number of pyridine rings is 1. The van der Waals surface area contributed by atoms with Crippen molar-refractivity contribution in [2.24, 2.45) is 11.7 Å². The van der Waals surface area contributed by atoms with Crippen molar-refractivity contribution in [3.05, 3.63) is 48.2 Å². The Balaban J connectivity index is 1.92. The zero-order valence-corrected chi connectivity index (χ0v) is 15.6. The molecule has 0 saturated heterocycles. The maximum Gasteiger partial charge on any atom is 0.237 e. The van der Waals surface area contributed by atoms with Crippen LogP contribution in [0, 0.1) is 5.92 Å². The quantitative estimate of drug-likeness (QED) is 0.719. The van der Waals surface area contributed by atoms with Gasteiger partial charge in [-0.1, -0.05) is 13.8 Å². The number of nitrogens with two attached hydrogens (primary N) is 1. The molecule has 0 bridgehead atoms. The SMILES string of the molecule is CCOc1ccc(Oc2cc(CNC(=O)[C@@H](N)CC(C)C)ccn2)cc1. The van der Waals surface area contributed by atoms with Gasteiger partial charge in [0, 0.05) is 18.8 Å². The summed E-state index contributed by atoms with van der Waals surface area (Å²) in [7, 11) is 0. The molecular weight excluding hydrogens is 330 g/mol. The highest BCUT2D eigenvalue weighted by Gasteiger charge is 2.14. The molecule has 0 spiro atoms. The number of rotatable bonds is 9. The van der Waals surface area contributed by atoms with Crippen molar-refractivity contribution in [2.45, 2.75) is 39.8 Å². The summed E-state index contributed by atoms with van der Waals surface area (Å²) in [5.41, 5.74) is 6.78. The van der Waals surface area contributed by atoms with Crippen LogP contribution in [0.25, 0.3) is 0 Å². The van der Waals surface area contributed by atoms with Gasteiger partial charge >= 0.3 is 0 Å². The highest BCUT2D eigenvalue weighted by Crippen LogP contribution is 2.23. The Kier molecular flexibility index (Phi) is 7.41. The number of carbonyl (C=O) groups excluding carboxylic acids is 1. The van der Waals surface area contributed by atoms with Crippen LogP contribution in [0.3, 0.4) is 0 Å². The minimum absolute atomic E-state index is 0.149. The minimum Gasteiger partial charge on any atom is -0.494 e. The van der Waals surface area contributed by atoms with Crippen LogP contribution in [-0.2, 0) is 11.3 Å². The maximum absolute atomic E-state index is 12.0. The van der Waals surface area contributed by atoms with E-state index in [0.717, 1.165) is 11.3 Å². The van der Waals surface area contributed by atoms with E-state index in [9.17, 15) is 4.79 Å². The Hall–Kier alpha value is -2.60. The number of hydrogen-bond acceptors (Lipinski definition) is 5. The number of aromatic nitrogens is 1. The number of amides is 1.